The van der Waals surface area contributed by atoms with Crippen LogP contribution in [0.25, 0.3) is 0 Å². The van der Waals surface area contributed by atoms with Gasteiger partial charge in [-0.25, -0.2) is 9.82 Å². The maximum atomic E-state index is 13.5. The molecule has 0 bridgehead atoms. The summed E-state index contributed by atoms with van der Waals surface area (Å²) in [5.41, 5.74) is 3.37. The van der Waals surface area contributed by atoms with Crippen LogP contribution in [0, 0.1) is 5.82 Å². The van der Waals surface area contributed by atoms with Gasteiger partial charge in [0, 0.05) is 5.56 Å². The first-order valence-electron chi connectivity index (χ1n) is 8.31. The third-order valence-corrected chi connectivity index (χ3v) is 3.63. The van der Waals surface area contributed by atoms with Gasteiger partial charge in [0.15, 0.2) is 11.5 Å². The molecule has 2 rings (SSSR count). The zero-order valence-corrected chi connectivity index (χ0v) is 15.2. The fourth-order valence-corrected chi connectivity index (χ4v) is 2.35. The lowest BCUT2D eigenvalue weighted by molar-refractivity contribution is -0.126. The van der Waals surface area contributed by atoms with Crippen molar-refractivity contribution in [3.8, 4) is 11.5 Å². The minimum Gasteiger partial charge on any atom is -0.504 e. The van der Waals surface area contributed by atoms with E-state index in [2.05, 4.69) is 22.4 Å². The lowest BCUT2D eigenvalue weighted by atomic mass is 10.1. The van der Waals surface area contributed by atoms with Crippen LogP contribution in [-0.2, 0) is 16.0 Å². The number of hydrogen-bond donors (Lipinski definition) is 3. The van der Waals surface area contributed by atoms with Crippen molar-refractivity contribution in [3.63, 3.8) is 0 Å². The highest BCUT2D eigenvalue weighted by atomic mass is 19.1. The molecule has 0 heterocycles. The van der Waals surface area contributed by atoms with Crippen LogP contribution in [0.3, 0.4) is 0 Å². The maximum absolute atomic E-state index is 13.5. The standard InChI is InChI=1S/C20H20FN3O4/c1-3-6-14-9-13(10-17(28-2)20(14)27)12-22-24-19(26)11-18(25)23-16-8-5-4-7-15(16)21/h3-5,7-10,12,27H,1,6,11H2,2H3,(H,23,25)(H,24,26)/b22-12+. The van der Waals surface area contributed by atoms with Crippen molar-refractivity contribution < 1.29 is 23.8 Å². The average Bonchev–Trinajstić information content (AvgIpc) is 2.66. The molecule has 0 spiro atoms. The number of rotatable bonds is 8. The summed E-state index contributed by atoms with van der Waals surface area (Å²) in [6, 6.07) is 8.86. The van der Waals surface area contributed by atoms with E-state index in [1.54, 1.807) is 24.3 Å². The lowest BCUT2D eigenvalue weighted by Gasteiger charge is -2.09. The smallest absolute Gasteiger partial charge is 0.249 e. The van der Waals surface area contributed by atoms with E-state index < -0.39 is 24.1 Å². The second-order valence-corrected chi connectivity index (χ2v) is 5.72. The SMILES string of the molecule is C=CCc1cc(/C=N/NC(=O)CC(=O)Nc2ccccc2F)cc(OC)c1O. The van der Waals surface area contributed by atoms with Crippen molar-refractivity contribution in [2.24, 2.45) is 5.10 Å². The molecule has 0 saturated heterocycles. The molecule has 0 unspecified atom stereocenters. The molecule has 0 saturated carbocycles. The summed E-state index contributed by atoms with van der Waals surface area (Å²) < 4.78 is 18.6. The van der Waals surface area contributed by atoms with Crippen LogP contribution in [-0.4, -0.2) is 30.2 Å². The molecule has 0 aliphatic rings. The fourth-order valence-electron chi connectivity index (χ4n) is 2.35. The second kappa shape index (κ2) is 9.86. The number of hydrogen-bond acceptors (Lipinski definition) is 5. The number of hydrazone groups is 1. The Hall–Kier alpha value is -3.68. The number of anilines is 1. The predicted octanol–water partition coefficient (Wildman–Crippen LogP) is 2.75. The number of para-hydroxylation sites is 1. The quantitative estimate of drug-likeness (QED) is 0.282. The second-order valence-electron chi connectivity index (χ2n) is 5.72. The molecule has 2 aromatic carbocycles. The molecule has 0 atom stereocenters. The first kappa shape index (κ1) is 20.6. The van der Waals surface area contributed by atoms with E-state index in [0.717, 1.165) is 0 Å². The Morgan fingerprint density at radius 1 is 1.29 bits per heavy atom. The number of aromatic hydroxyl groups is 1. The largest absolute Gasteiger partial charge is 0.504 e. The molecule has 146 valence electrons. The maximum Gasteiger partial charge on any atom is 0.249 e. The fraction of sp³-hybridized carbons (Fsp3) is 0.150. The van der Waals surface area contributed by atoms with E-state index >= 15 is 0 Å². The summed E-state index contributed by atoms with van der Waals surface area (Å²) in [5, 5.41) is 16.1. The van der Waals surface area contributed by atoms with Gasteiger partial charge in [-0.1, -0.05) is 18.2 Å². The predicted molar refractivity (Wildman–Crippen MR) is 104 cm³/mol. The van der Waals surface area contributed by atoms with Gasteiger partial charge in [0.2, 0.25) is 11.8 Å². The number of halogens is 1. The number of phenols is 1. The van der Waals surface area contributed by atoms with E-state index in [0.29, 0.717) is 17.5 Å². The summed E-state index contributed by atoms with van der Waals surface area (Å²) in [7, 11) is 1.42. The average molecular weight is 385 g/mol. The highest BCUT2D eigenvalue weighted by Crippen LogP contribution is 2.31. The molecular formula is C20H20FN3O4. The van der Waals surface area contributed by atoms with Gasteiger partial charge in [-0.05, 0) is 36.2 Å². The first-order chi connectivity index (χ1) is 13.4. The Bertz CT molecular complexity index is 912. The van der Waals surface area contributed by atoms with Crippen molar-refractivity contribution >= 4 is 23.7 Å². The topological polar surface area (TPSA) is 100 Å². The Kier molecular flexibility index (Phi) is 7.27. The van der Waals surface area contributed by atoms with Crippen LogP contribution >= 0.6 is 0 Å². The summed E-state index contributed by atoms with van der Waals surface area (Å²) in [6.07, 6.45) is 2.88. The summed E-state index contributed by atoms with van der Waals surface area (Å²) in [5.74, 6) is -1.66. The number of carbonyl (C=O) groups excluding carboxylic acids is 2. The van der Waals surface area contributed by atoms with Crippen LogP contribution in [0.15, 0.2) is 54.2 Å². The highest BCUT2D eigenvalue weighted by molar-refractivity contribution is 6.03. The first-order valence-corrected chi connectivity index (χ1v) is 8.31. The Morgan fingerprint density at radius 2 is 2.04 bits per heavy atom. The molecule has 3 N–H and O–H groups in total. The molecule has 2 aromatic rings. The van der Waals surface area contributed by atoms with Crippen molar-refractivity contribution in [2.45, 2.75) is 12.8 Å². The van der Waals surface area contributed by atoms with Gasteiger partial charge in [-0.3, -0.25) is 9.59 Å². The van der Waals surface area contributed by atoms with Crippen LogP contribution in [0.2, 0.25) is 0 Å². The van der Waals surface area contributed by atoms with Crippen molar-refractivity contribution in [3.05, 3.63) is 66.0 Å². The molecule has 2 amide bonds. The molecule has 28 heavy (non-hydrogen) atoms. The van der Waals surface area contributed by atoms with E-state index in [9.17, 15) is 19.1 Å². The van der Waals surface area contributed by atoms with Gasteiger partial charge in [0.25, 0.3) is 0 Å². The van der Waals surface area contributed by atoms with Gasteiger partial charge in [-0.15, -0.1) is 6.58 Å². The summed E-state index contributed by atoms with van der Waals surface area (Å²) >= 11 is 0. The van der Waals surface area contributed by atoms with Crippen molar-refractivity contribution in [1.82, 2.24) is 5.43 Å². The normalized spacial score (nSPS) is 10.5. The van der Waals surface area contributed by atoms with Crippen LogP contribution in [0.4, 0.5) is 10.1 Å². The third kappa shape index (κ3) is 5.66. The van der Waals surface area contributed by atoms with Crippen LogP contribution in [0.1, 0.15) is 17.5 Å². The number of nitrogens with one attached hydrogen (secondary N) is 2. The van der Waals surface area contributed by atoms with Gasteiger partial charge >= 0.3 is 0 Å². The Morgan fingerprint density at radius 3 is 2.71 bits per heavy atom. The molecule has 0 aromatic heterocycles. The number of amides is 2. The Balaban J connectivity index is 1.95. The van der Waals surface area contributed by atoms with Gasteiger partial charge in [0.1, 0.15) is 12.2 Å². The van der Waals surface area contributed by atoms with E-state index in [1.807, 2.05) is 0 Å². The Labute approximate surface area is 161 Å². The van der Waals surface area contributed by atoms with Gasteiger partial charge in [-0.2, -0.15) is 5.10 Å². The van der Waals surface area contributed by atoms with Crippen molar-refractivity contribution in [1.29, 1.82) is 0 Å². The number of benzene rings is 2. The van der Waals surface area contributed by atoms with E-state index in [4.69, 9.17) is 4.74 Å². The molecule has 8 heteroatoms. The van der Waals surface area contributed by atoms with E-state index in [-0.39, 0.29) is 17.2 Å². The number of phenolic OH excluding ortho intramolecular Hbond substituents is 1. The van der Waals surface area contributed by atoms with Crippen molar-refractivity contribution in [2.75, 3.05) is 12.4 Å². The molecule has 7 nitrogen and oxygen atoms in total. The molecule has 0 aliphatic carbocycles. The number of nitrogens with zero attached hydrogens (tertiary/aromatic N) is 1. The minimum atomic E-state index is -0.669. The molecule has 0 aliphatic heterocycles. The molecule has 0 radical (unpaired) electrons. The summed E-state index contributed by atoms with van der Waals surface area (Å²) in [6.45, 7) is 3.63. The van der Waals surface area contributed by atoms with Gasteiger partial charge in [0.05, 0.1) is 19.0 Å². The zero-order valence-electron chi connectivity index (χ0n) is 15.2. The monoisotopic (exact) mass is 385 g/mol. The number of methoxy groups -OCH3 is 1. The van der Waals surface area contributed by atoms with Crippen LogP contribution in [0.5, 0.6) is 11.5 Å². The zero-order chi connectivity index (χ0) is 20.5. The molecule has 0 fully saturated rings. The highest BCUT2D eigenvalue weighted by Gasteiger charge is 2.11. The number of carbonyl (C=O) groups is 2. The number of ether oxygens (including phenoxy) is 1. The number of allylic oxidation sites excluding steroid dienone is 1. The van der Waals surface area contributed by atoms with Gasteiger partial charge < -0.3 is 15.2 Å². The molecular weight excluding hydrogens is 365 g/mol. The van der Waals surface area contributed by atoms with E-state index in [1.165, 1.54) is 31.5 Å². The minimum absolute atomic E-state index is 0.00487. The van der Waals surface area contributed by atoms with Crippen LogP contribution < -0.4 is 15.5 Å². The lowest BCUT2D eigenvalue weighted by Crippen LogP contribution is -2.24. The summed E-state index contributed by atoms with van der Waals surface area (Å²) in [4.78, 5) is 23.6. The third-order valence-electron chi connectivity index (χ3n) is 3.63.